The van der Waals surface area contributed by atoms with Gasteiger partial charge in [0.15, 0.2) is 0 Å². The summed E-state index contributed by atoms with van der Waals surface area (Å²) in [4.78, 5) is 16.5. The van der Waals surface area contributed by atoms with Crippen LogP contribution in [0.4, 0.5) is 0 Å². The Bertz CT molecular complexity index is 315. The topological polar surface area (TPSA) is 47.9 Å². The van der Waals surface area contributed by atoms with E-state index in [1.165, 1.54) is 58.5 Å². The van der Waals surface area contributed by atoms with Crippen LogP contribution in [0, 0.1) is 0 Å². The molecule has 122 valence electrons. The van der Waals surface area contributed by atoms with E-state index in [9.17, 15) is 4.79 Å². The Morgan fingerprint density at radius 3 is 2.52 bits per heavy atom. The number of hydrogen-bond acceptors (Lipinski definition) is 4. The monoisotopic (exact) mass is 297 g/mol. The quantitative estimate of drug-likeness (QED) is 0.390. The molecule has 0 saturated carbocycles. The van der Waals surface area contributed by atoms with E-state index in [1.807, 2.05) is 0 Å². The van der Waals surface area contributed by atoms with Gasteiger partial charge in [-0.1, -0.05) is 57.0 Å². The molecule has 0 bridgehead atoms. The van der Waals surface area contributed by atoms with E-state index in [4.69, 9.17) is 4.84 Å². The van der Waals surface area contributed by atoms with Gasteiger partial charge in [-0.25, -0.2) is 0 Å². The van der Waals surface area contributed by atoms with E-state index in [0.717, 1.165) is 18.6 Å². The molecule has 0 aliphatic carbocycles. The van der Waals surface area contributed by atoms with Crippen LogP contribution in [0.2, 0.25) is 0 Å². The highest BCUT2D eigenvalue weighted by molar-refractivity contribution is 5.88. The summed E-state index contributed by atoms with van der Waals surface area (Å²) in [7, 11) is 1.42. The van der Waals surface area contributed by atoms with Crippen molar-refractivity contribution in [3.63, 3.8) is 0 Å². The molecule has 1 rings (SSSR count). The minimum absolute atomic E-state index is 0.177. The van der Waals surface area contributed by atoms with E-state index < -0.39 is 0 Å². The fraction of sp³-hybridized carbons (Fsp3) is 0.882. The van der Waals surface area contributed by atoms with Crippen molar-refractivity contribution in [1.29, 1.82) is 0 Å². The van der Waals surface area contributed by atoms with E-state index >= 15 is 0 Å². The lowest BCUT2D eigenvalue weighted by molar-refractivity contribution is -0.140. The third kappa shape index (κ3) is 8.74. The van der Waals surface area contributed by atoms with Crippen molar-refractivity contribution in [2.24, 2.45) is 5.16 Å². The molecule has 1 atom stereocenters. The SMILES string of the molecule is CCCCCCCCCCC1CC(CCC(=O)OC)=NO1. The summed E-state index contributed by atoms with van der Waals surface area (Å²) < 4.78 is 4.63. The first-order chi connectivity index (χ1) is 10.3. The van der Waals surface area contributed by atoms with Crippen LogP contribution in [0.3, 0.4) is 0 Å². The van der Waals surface area contributed by atoms with Crippen molar-refractivity contribution in [2.75, 3.05) is 7.11 Å². The second-order valence-corrected chi connectivity index (χ2v) is 5.93. The Morgan fingerprint density at radius 1 is 1.19 bits per heavy atom. The van der Waals surface area contributed by atoms with E-state index in [0.29, 0.717) is 12.8 Å². The largest absolute Gasteiger partial charge is 0.469 e. The van der Waals surface area contributed by atoms with Crippen LogP contribution in [-0.2, 0) is 14.4 Å². The number of carbonyl (C=O) groups excluding carboxylic acids is 1. The lowest BCUT2D eigenvalue weighted by atomic mass is 10.0. The van der Waals surface area contributed by atoms with Crippen molar-refractivity contribution in [3.8, 4) is 0 Å². The summed E-state index contributed by atoms with van der Waals surface area (Å²) in [6.07, 6.45) is 14.0. The van der Waals surface area contributed by atoms with Crippen LogP contribution in [0.15, 0.2) is 5.16 Å². The Kier molecular flexibility index (Phi) is 9.92. The molecule has 0 aromatic heterocycles. The number of carbonyl (C=O) groups is 1. The zero-order valence-electron chi connectivity index (χ0n) is 13.7. The molecule has 0 N–H and O–H groups in total. The molecule has 0 aromatic carbocycles. The van der Waals surface area contributed by atoms with Crippen LogP contribution < -0.4 is 0 Å². The number of hydrogen-bond donors (Lipinski definition) is 0. The molecular weight excluding hydrogens is 266 g/mol. The number of rotatable bonds is 12. The maximum absolute atomic E-state index is 11.1. The first-order valence-electron chi connectivity index (χ1n) is 8.54. The molecule has 0 fully saturated rings. The van der Waals surface area contributed by atoms with Gasteiger partial charge in [0, 0.05) is 6.42 Å². The van der Waals surface area contributed by atoms with Crippen molar-refractivity contribution in [3.05, 3.63) is 0 Å². The Hall–Kier alpha value is -1.06. The molecule has 21 heavy (non-hydrogen) atoms. The van der Waals surface area contributed by atoms with Gasteiger partial charge in [-0.2, -0.15) is 0 Å². The summed E-state index contributed by atoms with van der Waals surface area (Å²) in [5.74, 6) is -0.177. The maximum Gasteiger partial charge on any atom is 0.305 e. The lowest BCUT2D eigenvalue weighted by Gasteiger charge is -2.07. The average Bonchev–Trinajstić information content (AvgIpc) is 2.95. The summed E-state index contributed by atoms with van der Waals surface area (Å²) in [6.45, 7) is 2.25. The molecule has 0 saturated heterocycles. The minimum atomic E-state index is -0.177. The summed E-state index contributed by atoms with van der Waals surface area (Å²) >= 11 is 0. The first-order valence-corrected chi connectivity index (χ1v) is 8.54. The van der Waals surface area contributed by atoms with Gasteiger partial charge in [0.25, 0.3) is 0 Å². The summed E-state index contributed by atoms with van der Waals surface area (Å²) in [5, 5.41) is 4.08. The zero-order chi connectivity index (χ0) is 15.3. The average molecular weight is 297 g/mol. The Balaban J connectivity index is 1.93. The number of esters is 1. The first kappa shape index (κ1) is 18.0. The fourth-order valence-corrected chi connectivity index (χ4v) is 2.64. The molecule has 0 spiro atoms. The van der Waals surface area contributed by atoms with Gasteiger partial charge in [0.2, 0.25) is 0 Å². The van der Waals surface area contributed by atoms with Crippen molar-refractivity contribution in [2.45, 2.75) is 90.1 Å². The Morgan fingerprint density at radius 2 is 1.86 bits per heavy atom. The minimum Gasteiger partial charge on any atom is -0.469 e. The molecular formula is C17H31NO3. The maximum atomic E-state index is 11.1. The molecule has 1 aliphatic heterocycles. The standard InChI is InChI=1S/C17H31NO3/c1-3-4-5-6-7-8-9-10-11-16-14-15(18-21-16)12-13-17(19)20-2/h16H,3-14H2,1-2H3. The van der Waals surface area contributed by atoms with Gasteiger partial charge in [-0.15, -0.1) is 0 Å². The van der Waals surface area contributed by atoms with Crippen molar-refractivity contribution in [1.82, 2.24) is 0 Å². The molecule has 0 aromatic rings. The molecule has 1 unspecified atom stereocenters. The van der Waals surface area contributed by atoms with Crippen LogP contribution in [-0.4, -0.2) is 24.9 Å². The Labute approximate surface area is 129 Å². The molecule has 0 radical (unpaired) electrons. The van der Waals surface area contributed by atoms with Gasteiger partial charge >= 0.3 is 5.97 Å². The molecule has 4 nitrogen and oxygen atoms in total. The van der Waals surface area contributed by atoms with E-state index in [-0.39, 0.29) is 12.1 Å². The second kappa shape index (κ2) is 11.6. The van der Waals surface area contributed by atoms with Crippen LogP contribution in [0.25, 0.3) is 0 Å². The molecule has 0 amide bonds. The normalized spacial score (nSPS) is 17.4. The lowest BCUT2D eigenvalue weighted by Crippen LogP contribution is -2.09. The van der Waals surface area contributed by atoms with Crippen LogP contribution >= 0.6 is 0 Å². The number of unbranched alkanes of at least 4 members (excludes halogenated alkanes) is 7. The number of methoxy groups -OCH3 is 1. The highest BCUT2D eigenvalue weighted by atomic mass is 16.6. The summed E-state index contributed by atoms with van der Waals surface area (Å²) in [5.41, 5.74) is 1.00. The number of oxime groups is 1. The van der Waals surface area contributed by atoms with E-state index in [1.54, 1.807) is 0 Å². The van der Waals surface area contributed by atoms with Gasteiger partial charge in [0.1, 0.15) is 6.10 Å². The molecule has 4 heteroatoms. The highest BCUT2D eigenvalue weighted by Crippen LogP contribution is 2.20. The zero-order valence-corrected chi connectivity index (χ0v) is 13.7. The van der Waals surface area contributed by atoms with Crippen molar-refractivity contribution >= 4 is 11.7 Å². The predicted molar refractivity (Wildman–Crippen MR) is 85.4 cm³/mol. The van der Waals surface area contributed by atoms with Gasteiger partial charge in [-0.3, -0.25) is 4.79 Å². The van der Waals surface area contributed by atoms with Gasteiger partial charge < -0.3 is 9.57 Å². The van der Waals surface area contributed by atoms with Crippen LogP contribution in [0.1, 0.15) is 84.0 Å². The smallest absolute Gasteiger partial charge is 0.305 e. The third-order valence-corrected chi connectivity index (χ3v) is 4.02. The second-order valence-electron chi connectivity index (χ2n) is 5.93. The highest BCUT2D eigenvalue weighted by Gasteiger charge is 2.20. The molecule has 1 heterocycles. The van der Waals surface area contributed by atoms with Gasteiger partial charge in [-0.05, 0) is 19.3 Å². The fourth-order valence-electron chi connectivity index (χ4n) is 2.64. The molecule has 1 aliphatic rings. The van der Waals surface area contributed by atoms with E-state index in [2.05, 4.69) is 16.8 Å². The number of nitrogens with zero attached hydrogens (tertiary/aromatic N) is 1. The van der Waals surface area contributed by atoms with Crippen LogP contribution in [0.5, 0.6) is 0 Å². The van der Waals surface area contributed by atoms with Crippen molar-refractivity contribution < 1.29 is 14.4 Å². The predicted octanol–water partition coefficient (Wildman–Crippen LogP) is 4.62. The number of ether oxygens (including phenoxy) is 1. The van der Waals surface area contributed by atoms with Gasteiger partial charge in [0.05, 0.1) is 19.2 Å². The third-order valence-electron chi connectivity index (χ3n) is 4.02. The summed E-state index contributed by atoms with van der Waals surface area (Å²) in [6, 6.07) is 0.